The second kappa shape index (κ2) is 16.6. The third-order valence-corrected chi connectivity index (χ3v) is 3.99. The Labute approximate surface area is 147 Å². The van der Waals surface area contributed by atoms with Crippen molar-refractivity contribution in [2.75, 3.05) is 39.3 Å². The predicted octanol–water partition coefficient (Wildman–Crippen LogP) is 2.92. The minimum absolute atomic E-state index is 0.158. The van der Waals surface area contributed by atoms with Crippen LogP contribution in [-0.4, -0.2) is 56.2 Å². The SMILES string of the molecule is CCCCC(=O)NCCCCCCNC(=O)OCCN(CC)CC. The Balaban J connectivity index is 3.34. The molecular weight excluding hydrogens is 306 g/mol. The van der Waals surface area contributed by atoms with Crippen molar-refractivity contribution < 1.29 is 14.3 Å². The second-order valence-electron chi connectivity index (χ2n) is 5.96. The van der Waals surface area contributed by atoms with Gasteiger partial charge in [0.15, 0.2) is 0 Å². The average molecular weight is 344 g/mol. The van der Waals surface area contributed by atoms with E-state index in [4.69, 9.17) is 4.74 Å². The maximum atomic E-state index is 11.5. The summed E-state index contributed by atoms with van der Waals surface area (Å²) in [4.78, 5) is 25.1. The number of unbranched alkanes of at least 4 members (excludes halogenated alkanes) is 4. The quantitative estimate of drug-likeness (QED) is 0.449. The fraction of sp³-hybridized carbons (Fsp3) is 0.889. The Morgan fingerprint density at radius 3 is 2.08 bits per heavy atom. The summed E-state index contributed by atoms with van der Waals surface area (Å²) in [6, 6.07) is 0. The number of ether oxygens (including phenoxy) is 1. The van der Waals surface area contributed by atoms with E-state index in [1.165, 1.54) is 0 Å². The number of alkyl carbamates (subject to hydrolysis) is 1. The summed E-state index contributed by atoms with van der Waals surface area (Å²) in [6.45, 7) is 10.8. The van der Waals surface area contributed by atoms with E-state index in [0.717, 1.165) is 64.7 Å². The van der Waals surface area contributed by atoms with Gasteiger partial charge in [0.05, 0.1) is 0 Å². The van der Waals surface area contributed by atoms with E-state index in [1.807, 2.05) is 0 Å². The molecule has 0 saturated heterocycles. The van der Waals surface area contributed by atoms with Crippen molar-refractivity contribution in [2.45, 2.75) is 65.7 Å². The highest BCUT2D eigenvalue weighted by molar-refractivity contribution is 5.75. The van der Waals surface area contributed by atoms with Gasteiger partial charge in [0.1, 0.15) is 6.61 Å². The van der Waals surface area contributed by atoms with Crippen LogP contribution in [0.2, 0.25) is 0 Å². The van der Waals surface area contributed by atoms with Crippen LogP contribution in [0.15, 0.2) is 0 Å². The van der Waals surface area contributed by atoms with E-state index < -0.39 is 0 Å². The van der Waals surface area contributed by atoms with Crippen LogP contribution in [0.25, 0.3) is 0 Å². The van der Waals surface area contributed by atoms with Gasteiger partial charge in [-0.1, -0.05) is 40.0 Å². The molecule has 0 heterocycles. The molecule has 0 aliphatic carbocycles. The van der Waals surface area contributed by atoms with Gasteiger partial charge in [0, 0.05) is 26.1 Å². The lowest BCUT2D eigenvalue weighted by Crippen LogP contribution is -2.31. The first-order valence-corrected chi connectivity index (χ1v) is 9.53. The first-order valence-electron chi connectivity index (χ1n) is 9.53. The number of nitrogens with one attached hydrogen (secondary N) is 2. The summed E-state index contributed by atoms with van der Waals surface area (Å²) in [5.41, 5.74) is 0. The molecule has 6 heteroatoms. The number of nitrogens with zero attached hydrogens (tertiary/aromatic N) is 1. The van der Waals surface area contributed by atoms with Crippen LogP contribution in [0.4, 0.5) is 4.79 Å². The normalized spacial score (nSPS) is 10.7. The molecule has 0 atom stereocenters. The average Bonchev–Trinajstić information content (AvgIpc) is 2.59. The van der Waals surface area contributed by atoms with Gasteiger partial charge >= 0.3 is 6.09 Å². The first-order chi connectivity index (χ1) is 11.6. The van der Waals surface area contributed by atoms with Crippen molar-refractivity contribution in [2.24, 2.45) is 0 Å². The Morgan fingerprint density at radius 2 is 1.50 bits per heavy atom. The zero-order chi connectivity index (χ0) is 18.0. The minimum Gasteiger partial charge on any atom is -0.448 e. The summed E-state index contributed by atoms with van der Waals surface area (Å²) in [7, 11) is 0. The lowest BCUT2D eigenvalue weighted by Gasteiger charge is -2.17. The van der Waals surface area contributed by atoms with Crippen LogP contribution in [0, 0.1) is 0 Å². The van der Waals surface area contributed by atoms with Gasteiger partial charge < -0.3 is 20.3 Å². The van der Waals surface area contributed by atoms with Gasteiger partial charge in [-0.3, -0.25) is 4.79 Å². The summed E-state index contributed by atoms with van der Waals surface area (Å²) < 4.78 is 5.14. The van der Waals surface area contributed by atoms with E-state index in [1.54, 1.807) is 0 Å². The summed E-state index contributed by atoms with van der Waals surface area (Å²) in [6.07, 6.45) is 6.36. The van der Waals surface area contributed by atoms with Gasteiger partial charge in [0.2, 0.25) is 5.91 Å². The number of carbonyl (C=O) groups excluding carboxylic acids is 2. The molecule has 0 spiro atoms. The van der Waals surface area contributed by atoms with Crippen LogP contribution in [0.3, 0.4) is 0 Å². The van der Waals surface area contributed by atoms with Crippen molar-refractivity contribution in [1.82, 2.24) is 15.5 Å². The lowest BCUT2D eigenvalue weighted by molar-refractivity contribution is -0.121. The zero-order valence-corrected chi connectivity index (χ0v) is 15.9. The van der Waals surface area contributed by atoms with E-state index in [9.17, 15) is 9.59 Å². The maximum absolute atomic E-state index is 11.5. The predicted molar refractivity (Wildman–Crippen MR) is 98.1 cm³/mol. The molecule has 0 rings (SSSR count). The van der Waals surface area contributed by atoms with Gasteiger partial charge in [-0.2, -0.15) is 0 Å². The number of hydrogen-bond acceptors (Lipinski definition) is 4. The monoisotopic (exact) mass is 343 g/mol. The highest BCUT2D eigenvalue weighted by Crippen LogP contribution is 1.99. The van der Waals surface area contributed by atoms with E-state index in [2.05, 4.69) is 36.3 Å². The minimum atomic E-state index is -0.328. The summed E-state index contributed by atoms with van der Waals surface area (Å²) in [5, 5.41) is 5.71. The fourth-order valence-corrected chi connectivity index (χ4v) is 2.31. The molecular formula is C18H37N3O3. The van der Waals surface area contributed by atoms with Gasteiger partial charge in [0.25, 0.3) is 0 Å². The van der Waals surface area contributed by atoms with E-state index in [0.29, 0.717) is 19.6 Å². The van der Waals surface area contributed by atoms with Crippen LogP contribution in [0.5, 0.6) is 0 Å². The van der Waals surface area contributed by atoms with Gasteiger partial charge in [-0.25, -0.2) is 4.79 Å². The maximum Gasteiger partial charge on any atom is 0.407 e. The third kappa shape index (κ3) is 14.3. The van der Waals surface area contributed by atoms with Gasteiger partial charge in [-0.15, -0.1) is 0 Å². The standard InChI is InChI=1S/C18H37N3O3/c1-4-7-12-17(22)19-13-10-8-9-11-14-20-18(23)24-16-15-21(5-2)6-3/h4-16H2,1-3H3,(H,19,22)(H,20,23). The summed E-state index contributed by atoms with van der Waals surface area (Å²) in [5.74, 6) is 0.158. The smallest absolute Gasteiger partial charge is 0.407 e. The van der Waals surface area contributed by atoms with E-state index >= 15 is 0 Å². The largest absolute Gasteiger partial charge is 0.448 e. The number of likely N-dealkylation sites (N-methyl/N-ethyl adjacent to an activating group) is 1. The molecule has 6 nitrogen and oxygen atoms in total. The Hall–Kier alpha value is -1.30. The highest BCUT2D eigenvalue weighted by Gasteiger charge is 2.03. The fourth-order valence-electron chi connectivity index (χ4n) is 2.31. The molecule has 0 aliphatic rings. The lowest BCUT2D eigenvalue weighted by atomic mass is 10.2. The number of rotatable bonds is 15. The Kier molecular flexibility index (Phi) is 15.7. The van der Waals surface area contributed by atoms with Crippen LogP contribution in [0.1, 0.15) is 65.7 Å². The number of carbonyl (C=O) groups is 2. The Bertz CT molecular complexity index is 321. The van der Waals surface area contributed by atoms with E-state index in [-0.39, 0.29) is 12.0 Å². The van der Waals surface area contributed by atoms with Crippen molar-refractivity contribution in [3.8, 4) is 0 Å². The third-order valence-electron chi connectivity index (χ3n) is 3.99. The van der Waals surface area contributed by atoms with Crippen LogP contribution >= 0.6 is 0 Å². The molecule has 0 aromatic carbocycles. The van der Waals surface area contributed by atoms with Crippen molar-refractivity contribution in [3.05, 3.63) is 0 Å². The second-order valence-corrected chi connectivity index (χ2v) is 5.96. The molecule has 2 amide bonds. The molecule has 0 aromatic rings. The molecule has 0 radical (unpaired) electrons. The highest BCUT2D eigenvalue weighted by atomic mass is 16.5. The number of amides is 2. The molecule has 2 N–H and O–H groups in total. The Morgan fingerprint density at radius 1 is 0.875 bits per heavy atom. The zero-order valence-electron chi connectivity index (χ0n) is 15.9. The first kappa shape index (κ1) is 22.7. The molecule has 0 aromatic heterocycles. The van der Waals surface area contributed by atoms with Crippen molar-refractivity contribution in [3.63, 3.8) is 0 Å². The summed E-state index contributed by atoms with van der Waals surface area (Å²) >= 11 is 0. The molecule has 0 fully saturated rings. The molecule has 0 unspecified atom stereocenters. The molecule has 0 aliphatic heterocycles. The molecule has 142 valence electrons. The van der Waals surface area contributed by atoms with Crippen LogP contribution < -0.4 is 10.6 Å². The molecule has 0 saturated carbocycles. The number of hydrogen-bond donors (Lipinski definition) is 2. The van der Waals surface area contributed by atoms with Crippen molar-refractivity contribution in [1.29, 1.82) is 0 Å². The van der Waals surface area contributed by atoms with Crippen LogP contribution in [-0.2, 0) is 9.53 Å². The molecule has 0 bridgehead atoms. The van der Waals surface area contributed by atoms with Crippen molar-refractivity contribution >= 4 is 12.0 Å². The topological polar surface area (TPSA) is 70.7 Å². The molecule has 24 heavy (non-hydrogen) atoms. The van der Waals surface area contributed by atoms with Gasteiger partial charge in [-0.05, 0) is 32.4 Å².